The van der Waals surface area contributed by atoms with Crippen LogP contribution in [-0.4, -0.2) is 17.6 Å². The van der Waals surface area contributed by atoms with Gasteiger partial charge in [0.05, 0.1) is 5.75 Å². The fraction of sp³-hybridized carbons (Fsp3) is 0.125. The van der Waals surface area contributed by atoms with Crippen molar-refractivity contribution in [2.24, 2.45) is 5.73 Å². The average Bonchev–Trinajstić information content (AvgIpc) is 2.49. The number of anilines is 1. The van der Waals surface area contributed by atoms with Crippen LogP contribution in [0.2, 0.25) is 5.02 Å². The molecule has 0 aliphatic carbocycles. The van der Waals surface area contributed by atoms with Crippen LogP contribution in [0.4, 0.5) is 5.69 Å². The highest BCUT2D eigenvalue weighted by Crippen LogP contribution is 2.16. The van der Waals surface area contributed by atoms with E-state index in [-0.39, 0.29) is 5.91 Å². The first-order chi connectivity index (χ1) is 10.5. The molecule has 0 aromatic heterocycles. The summed E-state index contributed by atoms with van der Waals surface area (Å²) < 4.78 is 0. The first-order valence-corrected chi connectivity index (χ1v) is 8.10. The van der Waals surface area contributed by atoms with Gasteiger partial charge in [-0.3, -0.25) is 9.59 Å². The third-order valence-electron chi connectivity index (χ3n) is 2.85. The number of nitrogens with two attached hydrogens (primary N) is 1. The molecule has 0 aliphatic rings. The highest BCUT2D eigenvalue weighted by atomic mass is 35.5. The highest BCUT2D eigenvalue weighted by Gasteiger charge is 2.05. The minimum atomic E-state index is -0.520. The number of hydrogen-bond donors (Lipinski definition) is 2. The number of thioether (sulfide) groups is 1. The molecule has 6 heteroatoms. The lowest BCUT2D eigenvalue weighted by molar-refractivity contribution is -0.113. The zero-order chi connectivity index (χ0) is 15.9. The van der Waals surface area contributed by atoms with E-state index in [1.54, 1.807) is 24.3 Å². The van der Waals surface area contributed by atoms with E-state index in [1.807, 2.05) is 24.3 Å². The van der Waals surface area contributed by atoms with E-state index in [2.05, 4.69) is 5.32 Å². The van der Waals surface area contributed by atoms with Crippen LogP contribution >= 0.6 is 23.4 Å². The lowest BCUT2D eigenvalue weighted by Crippen LogP contribution is -2.15. The van der Waals surface area contributed by atoms with E-state index in [9.17, 15) is 9.59 Å². The molecule has 0 bridgehead atoms. The molecule has 0 radical (unpaired) electrons. The van der Waals surface area contributed by atoms with Crippen molar-refractivity contribution < 1.29 is 9.59 Å². The van der Waals surface area contributed by atoms with E-state index < -0.39 is 5.91 Å². The first-order valence-electron chi connectivity index (χ1n) is 6.56. The van der Waals surface area contributed by atoms with Crippen LogP contribution in [0.3, 0.4) is 0 Å². The van der Waals surface area contributed by atoms with Gasteiger partial charge in [0, 0.05) is 22.0 Å². The molecule has 22 heavy (non-hydrogen) atoms. The van der Waals surface area contributed by atoms with E-state index in [0.717, 1.165) is 11.3 Å². The Hall–Kier alpha value is -1.98. The van der Waals surface area contributed by atoms with E-state index in [4.69, 9.17) is 17.3 Å². The molecule has 3 N–H and O–H groups in total. The van der Waals surface area contributed by atoms with Gasteiger partial charge in [-0.25, -0.2) is 0 Å². The van der Waals surface area contributed by atoms with Gasteiger partial charge in [0.25, 0.3) is 0 Å². The van der Waals surface area contributed by atoms with Crippen molar-refractivity contribution >= 4 is 40.9 Å². The molecule has 4 nitrogen and oxygen atoms in total. The van der Waals surface area contributed by atoms with Crippen LogP contribution in [0.25, 0.3) is 0 Å². The second kappa shape index (κ2) is 7.87. The summed E-state index contributed by atoms with van der Waals surface area (Å²) in [5.74, 6) is 0.406. The molecule has 2 aromatic rings. The molecule has 114 valence electrons. The van der Waals surface area contributed by atoms with E-state index in [1.165, 1.54) is 11.8 Å². The standard InChI is InChI=1S/C16H15ClN2O2S/c17-13-6-4-11(5-7-13)9-22-10-15(20)19-14-3-1-2-12(8-14)16(18)21/h1-8H,9-10H2,(H2,18,21)(H,19,20). The van der Waals surface area contributed by atoms with Crippen molar-refractivity contribution in [2.45, 2.75) is 5.75 Å². The van der Waals surface area contributed by atoms with Crippen LogP contribution in [-0.2, 0) is 10.5 Å². The Morgan fingerprint density at radius 1 is 1.14 bits per heavy atom. The van der Waals surface area contributed by atoms with Gasteiger partial charge in [0.1, 0.15) is 0 Å². The number of benzene rings is 2. The van der Waals surface area contributed by atoms with Crippen LogP contribution in [0, 0.1) is 0 Å². The van der Waals surface area contributed by atoms with Crippen molar-refractivity contribution in [1.29, 1.82) is 0 Å². The Kier molecular flexibility index (Phi) is 5.86. The van der Waals surface area contributed by atoms with Crippen molar-refractivity contribution in [2.75, 3.05) is 11.1 Å². The molecule has 2 amide bonds. The lowest BCUT2D eigenvalue weighted by Gasteiger charge is -2.06. The molecule has 2 aromatic carbocycles. The Morgan fingerprint density at radius 2 is 1.86 bits per heavy atom. The normalized spacial score (nSPS) is 10.2. The molecule has 0 aliphatic heterocycles. The third kappa shape index (κ3) is 5.09. The molecule has 0 unspecified atom stereocenters. The topological polar surface area (TPSA) is 72.2 Å². The van der Waals surface area contributed by atoms with Gasteiger partial charge in [-0.15, -0.1) is 11.8 Å². The highest BCUT2D eigenvalue weighted by molar-refractivity contribution is 7.99. The summed E-state index contributed by atoms with van der Waals surface area (Å²) in [6, 6.07) is 14.1. The summed E-state index contributed by atoms with van der Waals surface area (Å²) >= 11 is 7.32. The van der Waals surface area contributed by atoms with Crippen molar-refractivity contribution in [3.63, 3.8) is 0 Å². The van der Waals surface area contributed by atoms with Gasteiger partial charge in [-0.05, 0) is 35.9 Å². The molecular weight excluding hydrogens is 320 g/mol. The van der Waals surface area contributed by atoms with Gasteiger partial charge < -0.3 is 11.1 Å². The van der Waals surface area contributed by atoms with Gasteiger partial charge in [-0.2, -0.15) is 0 Å². The Bertz CT molecular complexity index is 674. The predicted molar refractivity (Wildman–Crippen MR) is 91.2 cm³/mol. The summed E-state index contributed by atoms with van der Waals surface area (Å²) in [5, 5.41) is 3.44. The van der Waals surface area contributed by atoms with Crippen LogP contribution < -0.4 is 11.1 Å². The lowest BCUT2D eigenvalue weighted by atomic mass is 10.2. The van der Waals surface area contributed by atoms with Gasteiger partial charge in [0.15, 0.2) is 0 Å². The number of carbonyl (C=O) groups excluding carboxylic acids is 2. The van der Waals surface area contributed by atoms with Crippen LogP contribution in [0.15, 0.2) is 48.5 Å². The fourth-order valence-corrected chi connectivity index (χ4v) is 2.70. The van der Waals surface area contributed by atoms with Crippen molar-refractivity contribution in [1.82, 2.24) is 0 Å². The van der Waals surface area contributed by atoms with Crippen molar-refractivity contribution in [3.8, 4) is 0 Å². The molecule has 2 rings (SSSR count). The second-order valence-corrected chi connectivity index (χ2v) is 6.03. The molecule has 0 heterocycles. The van der Waals surface area contributed by atoms with Gasteiger partial charge in [0.2, 0.25) is 11.8 Å². The second-order valence-electron chi connectivity index (χ2n) is 4.61. The van der Waals surface area contributed by atoms with E-state index in [0.29, 0.717) is 22.0 Å². The number of carbonyl (C=O) groups is 2. The summed E-state index contributed by atoms with van der Waals surface area (Å²) in [4.78, 5) is 23.0. The summed E-state index contributed by atoms with van der Waals surface area (Å²) in [7, 11) is 0. The minimum absolute atomic E-state index is 0.124. The maximum absolute atomic E-state index is 11.9. The minimum Gasteiger partial charge on any atom is -0.366 e. The fourth-order valence-electron chi connectivity index (χ4n) is 1.79. The van der Waals surface area contributed by atoms with Crippen LogP contribution in [0.5, 0.6) is 0 Å². The SMILES string of the molecule is NC(=O)c1cccc(NC(=O)CSCc2ccc(Cl)cc2)c1. The molecule has 0 saturated carbocycles. The Balaban J connectivity index is 1.81. The first kappa shape index (κ1) is 16.4. The molecule has 0 saturated heterocycles. The maximum atomic E-state index is 11.9. The van der Waals surface area contributed by atoms with Crippen molar-refractivity contribution in [3.05, 3.63) is 64.7 Å². The quantitative estimate of drug-likeness (QED) is 0.851. The number of primary amides is 1. The van der Waals surface area contributed by atoms with E-state index >= 15 is 0 Å². The van der Waals surface area contributed by atoms with Gasteiger partial charge >= 0.3 is 0 Å². The predicted octanol–water partition coefficient (Wildman–Crippen LogP) is 3.31. The molecule has 0 fully saturated rings. The summed E-state index contributed by atoms with van der Waals surface area (Å²) in [6.07, 6.45) is 0. The summed E-state index contributed by atoms with van der Waals surface area (Å²) in [5.41, 5.74) is 7.24. The maximum Gasteiger partial charge on any atom is 0.248 e. The molecular formula is C16H15ClN2O2S. The zero-order valence-corrected chi connectivity index (χ0v) is 13.3. The third-order valence-corrected chi connectivity index (χ3v) is 4.10. The number of rotatable bonds is 6. The zero-order valence-electron chi connectivity index (χ0n) is 11.7. The van der Waals surface area contributed by atoms with Gasteiger partial charge in [-0.1, -0.05) is 29.8 Å². The Labute approximate surface area is 138 Å². The molecule has 0 atom stereocenters. The largest absolute Gasteiger partial charge is 0.366 e. The smallest absolute Gasteiger partial charge is 0.248 e. The Morgan fingerprint density at radius 3 is 2.55 bits per heavy atom. The molecule has 0 spiro atoms. The monoisotopic (exact) mass is 334 g/mol. The number of halogens is 1. The summed E-state index contributed by atoms with van der Waals surface area (Å²) in [6.45, 7) is 0. The number of nitrogens with one attached hydrogen (secondary N) is 1. The average molecular weight is 335 g/mol. The number of hydrogen-bond acceptors (Lipinski definition) is 3. The van der Waals surface area contributed by atoms with Crippen LogP contribution in [0.1, 0.15) is 15.9 Å². The number of amides is 2.